The van der Waals surface area contributed by atoms with Crippen LogP contribution in [0, 0.1) is 0 Å². The molecule has 9 heteroatoms. The molecule has 1 aromatic carbocycles. The summed E-state index contributed by atoms with van der Waals surface area (Å²) < 4.78 is 32.1. The van der Waals surface area contributed by atoms with Crippen molar-refractivity contribution in [1.82, 2.24) is 5.01 Å². The summed E-state index contributed by atoms with van der Waals surface area (Å²) in [6.45, 7) is 3.40. The van der Waals surface area contributed by atoms with E-state index in [2.05, 4.69) is 5.73 Å². The SMILES string of the molecule is CCN1CC(N)C(=O)N1c1ccccc1.NC(=O)C(F)(F)F. The Morgan fingerprint density at radius 1 is 1.32 bits per heavy atom. The standard InChI is InChI=1S/C11H15N3O.C2H2F3NO/c1-2-13-8-10(12)11(15)14(13)9-6-4-3-5-7-9;3-2(4,5)1(6)7/h3-7,10H,2,8,12H2,1H3;(H2,6,7). The number of benzene rings is 1. The summed E-state index contributed by atoms with van der Waals surface area (Å²) in [4.78, 5) is 21.0. The lowest BCUT2D eigenvalue weighted by Crippen LogP contribution is -2.39. The molecular formula is C13H17F3N4O2. The van der Waals surface area contributed by atoms with Crippen molar-refractivity contribution in [3.63, 3.8) is 0 Å². The molecule has 1 atom stereocenters. The van der Waals surface area contributed by atoms with Crippen molar-refractivity contribution in [2.75, 3.05) is 18.1 Å². The number of primary amides is 1. The van der Waals surface area contributed by atoms with Crippen molar-refractivity contribution in [2.45, 2.75) is 19.1 Å². The van der Waals surface area contributed by atoms with Gasteiger partial charge in [-0.25, -0.2) is 10.0 Å². The fraction of sp³-hybridized carbons (Fsp3) is 0.385. The summed E-state index contributed by atoms with van der Waals surface area (Å²) in [6, 6.07) is 9.20. The number of halogens is 3. The van der Waals surface area contributed by atoms with Gasteiger partial charge in [0, 0.05) is 13.1 Å². The lowest BCUT2D eigenvalue weighted by Gasteiger charge is -2.26. The van der Waals surface area contributed by atoms with Gasteiger partial charge in [-0.2, -0.15) is 13.2 Å². The number of nitrogens with zero attached hydrogens (tertiary/aromatic N) is 2. The van der Waals surface area contributed by atoms with Crippen LogP contribution in [0.15, 0.2) is 30.3 Å². The quantitative estimate of drug-likeness (QED) is 0.836. The number of alkyl halides is 3. The Bertz CT molecular complexity index is 522. The normalized spacial score (nSPS) is 18.9. The third-order valence-electron chi connectivity index (χ3n) is 2.86. The predicted octanol–water partition coefficient (Wildman–Crippen LogP) is 0.631. The van der Waals surface area contributed by atoms with Crippen LogP contribution in [0.25, 0.3) is 0 Å². The van der Waals surface area contributed by atoms with Crippen molar-refractivity contribution in [1.29, 1.82) is 0 Å². The molecule has 1 aromatic rings. The van der Waals surface area contributed by atoms with Crippen LogP contribution >= 0.6 is 0 Å². The molecule has 0 radical (unpaired) electrons. The number of hydrazine groups is 1. The fourth-order valence-corrected chi connectivity index (χ4v) is 1.81. The Kier molecular flexibility index (Phi) is 5.89. The molecule has 0 saturated carbocycles. The maximum Gasteiger partial charge on any atom is 0.470 e. The molecule has 122 valence electrons. The molecule has 0 aromatic heterocycles. The maximum absolute atomic E-state index is 11.8. The topological polar surface area (TPSA) is 92.7 Å². The minimum absolute atomic E-state index is 0.0250. The number of amides is 2. The summed E-state index contributed by atoms with van der Waals surface area (Å²) in [5.41, 5.74) is 10.4. The van der Waals surface area contributed by atoms with E-state index in [1.165, 1.54) is 0 Å². The van der Waals surface area contributed by atoms with Gasteiger partial charge in [-0.3, -0.25) is 9.59 Å². The molecule has 6 nitrogen and oxygen atoms in total. The molecule has 1 saturated heterocycles. The third-order valence-corrected chi connectivity index (χ3v) is 2.86. The largest absolute Gasteiger partial charge is 0.470 e. The summed E-state index contributed by atoms with van der Waals surface area (Å²) in [5.74, 6) is -2.28. The minimum Gasteiger partial charge on any atom is -0.362 e. The van der Waals surface area contributed by atoms with E-state index >= 15 is 0 Å². The van der Waals surface area contributed by atoms with Crippen molar-refractivity contribution in [3.8, 4) is 0 Å². The Labute approximate surface area is 125 Å². The Morgan fingerprint density at radius 3 is 2.23 bits per heavy atom. The van der Waals surface area contributed by atoms with Gasteiger partial charge in [0.15, 0.2) is 0 Å². The van der Waals surface area contributed by atoms with E-state index in [9.17, 15) is 18.0 Å². The van der Waals surface area contributed by atoms with Crippen LogP contribution in [0.4, 0.5) is 18.9 Å². The first-order valence-electron chi connectivity index (χ1n) is 6.44. The predicted molar refractivity (Wildman–Crippen MR) is 74.4 cm³/mol. The van der Waals surface area contributed by atoms with Crippen LogP contribution in [-0.2, 0) is 9.59 Å². The maximum atomic E-state index is 11.8. The summed E-state index contributed by atoms with van der Waals surface area (Å²) >= 11 is 0. The number of carbonyl (C=O) groups excluding carboxylic acids is 2. The molecule has 2 amide bonds. The number of carbonyl (C=O) groups is 2. The van der Waals surface area contributed by atoms with Crippen molar-refractivity contribution >= 4 is 17.5 Å². The molecule has 1 fully saturated rings. The number of nitrogens with two attached hydrogens (primary N) is 2. The summed E-state index contributed by atoms with van der Waals surface area (Å²) in [5, 5.41) is 3.63. The average molecular weight is 318 g/mol. The Morgan fingerprint density at radius 2 is 1.82 bits per heavy atom. The number of hydrogen-bond acceptors (Lipinski definition) is 4. The first-order valence-corrected chi connectivity index (χ1v) is 6.44. The van der Waals surface area contributed by atoms with Gasteiger partial charge in [-0.05, 0) is 12.1 Å². The van der Waals surface area contributed by atoms with Crippen molar-refractivity contribution in [3.05, 3.63) is 30.3 Å². The molecule has 0 spiro atoms. The summed E-state index contributed by atoms with van der Waals surface area (Å²) in [7, 11) is 0. The molecule has 1 aliphatic heterocycles. The first-order chi connectivity index (χ1) is 10.2. The first kappa shape index (κ1) is 17.9. The van der Waals surface area contributed by atoms with Gasteiger partial charge in [0.1, 0.15) is 6.04 Å². The second-order valence-electron chi connectivity index (χ2n) is 4.46. The van der Waals surface area contributed by atoms with Gasteiger partial charge in [-0.1, -0.05) is 25.1 Å². The monoisotopic (exact) mass is 318 g/mol. The van der Waals surface area contributed by atoms with Crippen LogP contribution in [0.5, 0.6) is 0 Å². The van der Waals surface area contributed by atoms with E-state index in [-0.39, 0.29) is 5.91 Å². The summed E-state index contributed by atoms with van der Waals surface area (Å²) in [6.07, 6.45) is -4.86. The highest BCUT2D eigenvalue weighted by Crippen LogP contribution is 2.21. The van der Waals surface area contributed by atoms with Crippen LogP contribution < -0.4 is 16.5 Å². The Hall–Kier alpha value is -2.13. The van der Waals surface area contributed by atoms with E-state index in [1.54, 1.807) is 5.01 Å². The molecule has 2 rings (SSSR count). The van der Waals surface area contributed by atoms with Crippen LogP contribution in [0.3, 0.4) is 0 Å². The average Bonchev–Trinajstić information content (AvgIpc) is 2.75. The zero-order valence-electron chi connectivity index (χ0n) is 11.9. The lowest BCUT2D eigenvalue weighted by atomic mass is 10.3. The van der Waals surface area contributed by atoms with Gasteiger partial charge in [0.25, 0.3) is 5.91 Å². The highest BCUT2D eigenvalue weighted by molar-refractivity contribution is 5.98. The molecule has 0 aliphatic carbocycles. The fourth-order valence-electron chi connectivity index (χ4n) is 1.81. The second-order valence-corrected chi connectivity index (χ2v) is 4.46. The zero-order chi connectivity index (χ0) is 16.9. The van der Waals surface area contributed by atoms with E-state index < -0.39 is 18.1 Å². The van der Waals surface area contributed by atoms with E-state index in [1.807, 2.05) is 42.3 Å². The molecular weight excluding hydrogens is 301 g/mol. The molecule has 4 N–H and O–H groups in total. The number of likely N-dealkylation sites (N-methyl/N-ethyl adjacent to an activating group) is 1. The number of rotatable bonds is 2. The smallest absolute Gasteiger partial charge is 0.362 e. The lowest BCUT2D eigenvalue weighted by molar-refractivity contribution is -0.169. The zero-order valence-corrected chi connectivity index (χ0v) is 11.9. The molecule has 22 heavy (non-hydrogen) atoms. The van der Waals surface area contributed by atoms with E-state index in [0.29, 0.717) is 6.54 Å². The van der Waals surface area contributed by atoms with Crippen LogP contribution in [0.1, 0.15) is 6.92 Å². The number of hydrogen-bond donors (Lipinski definition) is 2. The van der Waals surface area contributed by atoms with E-state index in [4.69, 9.17) is 10.5 Å². The molecule has 0 bridgehead atoms. The van der Waals surface area contributed by atoms with Crippen LogP contribution in [-0.4, -0.2) is 42.1 Å². The third kappa shape index (κ3) is 4.43. The van der Waals surface area contributed by atoms with Gasteiger partial charge in [0.05, 0.1) is 5.69 Å². The minimum atomic E-state index is -4.86. The van der Waals surface area contributed by atoms with Gasteiger partial charge < -0.3 is 11.5 Å². The van der Waals surface area contributed by atoms with Gasteiger partial charge >= 0.3 is 12.1 Å². The van der Waals surface area contributed by atoms with Crippen molar-refractivity contribution in [2.24, 2.45) is 11.5 Å². The Balaban J connectivity index is 0.000000295. The second kappa shape index (κ2) is 7.23. The van der Waals surface area contributed by atoms with Gasteiger partial charge in [0.2, 0.25) is 0 Å². The van der Waals surface area contributed by atoms with E-state index in [0.717, 1.165) is 12.2 Å². The molecule has 1 aliphatic rings. The van der Waals surface area contributed by atoms with Gasteiger partial charge in [-0.15, -0.1) is 0 Å². The van der Waals surface area contributed by atoms with Crippen LogP contribution in [0.2, 0.25) is 0 Å². The highest BCUT2D eigenvalue weighted by atomic mass is 19.4. The molecule has 1 unspecified atom stereocenters. The molecule has 1 heterocycles. The van der Waals surface area contributed by atoms with Crippen molar-refractivity contribution < 1.29 is 22.8 Å². The number of para-hydroxylation sites is 1. The highest BCUT2D eigenvalue weighted by Gasteiger charge is 2.36. The number of anilines is 1.